The first-order valence-corrected chi connectivity index (χ1v) is 8.24. The second-order valence-electron chi connectivity index (χ2n) is 5.77. The van der Waals surface area contributed by atoms with Crippen molar-refractivity contribution < 1.29 is 19.5 Å². The van der Waals surface area contributed by atoms with E-state index in [9.17, 15) is 19.5 Å². The summed E-state index contributed by atoms with van der Waals surface area (Å²) in [6.07, 6.45) is 1.20. The Kier molecular flexibility index (Phi) is 6.46. The van der Waals surface area contributed by atoms with Crippen LogP contribution in [0.25, 0.3) is 0 Å². The zero-order valence-electron chi connectivity index (χ0n) is 14.1. The fourth-order valence-corrected chi connectivity index (χ4v) is 2.60. The van der Waals surface area contributed by atoms with Gasteiger partial charge in [-0.05, 0) is 12.5 Å². The van der Waals surface area contributed by atoms with Crippen LogP contribution in [-0.4, -0.2) is 29.3 Å². The maximum absolute atomic E-state index is 12.6. The maximum Gasteiger partial charge on any atom is 0.308 e. The van der Waals surface area contributed by atoms with E-state index in [0.29, 0.717) is 17.5 Å². The first-order chi connectivity index (χ1) is 12.0. The van der Waals surface area contributed by atoms with Crippen molar-refractivity contribution >= 4 is 17.7 Å². The lowest BCUT2D eigenvalue weighted by Crippen LogP contribution is -2.33. The number of rotatable bonds is 8. The van der Waals surface area contributed by atoms with Gasteiger partial charge in [-0.3, -0.25) is 14.4 Å². The number of ketones is 1. The molecule has 0 aliphatic carbocycles. The first kappa shape index (κ1) is 18.4. The van der Waals surface area contributed by atoms with Crippen LogP contribution in [0.2, 0.25) is 0 Å². The Balaban J connectivity index is 2.18. The van der Waals surface area contributed by atoms with Crippen LogP contribution < -0.4 is 5.32 Å². The molecule has 2 N–H and O–H groups in total. The fourth-order valence-electron chi connectivity index (χ4n) is 2.60. The smallest absolute Gasteiger partial charge is 0.308 e. The molecular formula is C20H21NO4. The van der Waals surface area contributed by atoms with Gasteiger partial charge in [0.15, 0.2) is 5.78 Å². The predicted molar refractivity (Wildman–Crippen MR) is 94.7 cm³/mol. The van der Waals surface area contributed by atoms with Gasteiger partial charge >= 0.3 is 5.97 Å². The second kappa shape index (κ2) is 8.78. The van der Waals surface area contributed by atoms with Gasteiger partial charge in [-0.2, -0.15) is 0 Å². The molecule has 0 aliphatic heterocycles. The fraction of sp³-hybridized carbons (Fsp3) is 0.250. The van der Waals surface area contributed by atoms with Crippen LogP contribution in [0.1, 0.15) is 46.0 Å². The lowest BCUT2D eigenvalue weighted by atomic mass is 9.97. The molecule has 0 saturated heterocycles. The van der Waals surface area contributed by atoms with Crippen molar-refractivity contribution in [3.05, 3.63) is 71.3 Å². The molecule has 0 radical (unpaired) electrons. The van der Waals surface area contributed by atoms with Gasteiger partial charge in [0, 0.05) is 17.7 Å². The third-order valence-electron chi connectivity index (χ3n) is 3.95. The SMILES string of the molecule is CCCC(CNC(=O)c1ccccc1C(=O)c1ccccc1)C(=O)O. The quantitative estimate of drug-likeness (QED) is 0.724. The minimum absolute atomic E-state index is 0.0376. The average Bonchev–Trinajstić information content (AvgIpc) is 2.64. The first-order valence-electron chi connectivity index (χ1n) is 8.24. The summed E-state index contributed by atoms with van der Waals surface area (Å²) in [6, 6.07) is 15.3. The molecule has 1 unspecified atom stereocenters. The molecule has 25 heavy (non-hydrogen) atoms. The van der Waals surface area contributed by atoms with E-state index in [2.05, 4.69) is 5.32 Å². The maximum atomic E-state index is 12.6. The molecule has 5 heteroatoms. The Hall–Kier alpha value is -2.95. The van der Waals surface area contributed by atoms with Crippen molar-refractivity contribution in [3.8, 4) is 0 Å². The van der Waals surface area contributed by atoms with E-state index in [4.69, 9.17) is 0 Å². The molecule has 0 fully saturated rings. The molecule has 2 aromatic carbocycles. The second-order valence-corrected chi connectivity index (χ2v) is 5.77. The summed E-state index contributed by atoms with van der Waals surface area (Å²) >= 11 is 0. The zero-order chi connectivity index (χ0) is 18.2. The number of hydrogen-bond donors (Lipinski definition) is 2. The number of carbonyl (C=O) groups excluding carboxylic acids is 2. The number of hydrogen-bond acceptors (Lipinski definition) is 3. The number of nitrogens with one attached hydrogen (secondary N) is 1. The van der Waals surface area contributed by atoms with Crippen LogP contribution >= 0.6 is 0 Å². The molecule has 0 heterocycles. The highest BCUT2D eigenvalue weighted by molar-refractivity contribution is 6.15. The van der Waals surface area contributed by atoms with Crippen molar-refractivity contribution in [2.75, 3.05) is 6.54 Å². The summed E-state index contributed by atoms with van der Waals surface area (Å²) in [5, 5.41) is 11.8. The highest BCUT2D eigenvalue weighted by Gasteiger charge is 2.21. The molecule has 0 aromatic heterocycles. The van der Waals surface area contributed by atoms with E-state index in [1.165, 1.54) is 0 Å². The number of carboxylic acid groups (broad SMARTS) is 1. The number of carboxylic acids is 1. The van der Waals surface area contributed by atoms with Gasteiger partial charge in [-0.25, -0.2) is 0 Å². The average molecular weight is 339 g/mol. The number of amides is 1. The molecule has 0 aliphatic rings. The molecule has 2 rings (SSSR count). The minimum atomic E-state index is -0.934. The number of aliphatic carboxylic acids is 1. The van der Waals surface area contributed by atoms with Crippen molar-refractivity contribution in [2.45, 2.75) is 19.8 Å². The highest BCUT2D eigenvalue weighted by Crippen LogP contribution is 2.15. The van der Waals surface area contributed by atoms with Gasteiger partial charge in [-0.1, -0.05) is 61.9 Å². The van der Waals surface area contributed by atoms with E-state index in [1.54, 1.807) is 48.5 Å². The molecule has 1 atom stereocenters. The lowest BCUT2D eigenvalue weighted by Gasteiger charge is -2.14. The molecule has 0 bridgehead atoms. The van der Waals surface area contributed by atoms with Gasteiger partial charge < -0.3 is 10.4 Å². The summed E-state index contributed by atoms with van der Waals surface area (Å²) in [4.78, 5) is 36.3. The normalized spacial score (nSPS) is 11.6. The number of carbonyl (C=O) groups is 3. The standard InChI is InChI=1S/C20H21NO4/c1-2-8-15(20(24)25)13-21-19(23)17-12-7-6-11-16(17)18(22)14-9-4-3-5-10-14/h3-7,9-12,15H,2,8,13H2,1H3,(H,21,23)(H,24,25). The van der Waals surface area contributed by atoms with Crippen LogP contribution in [0.5, 0.6) is 0 Å². The molecule has 130 valence electrons. The molecule has 1 amide bonds. The van der Waals surface area contributed by atoms with E-state index in [0.717, 1.165) is 6.42 Å². The Bertz CT molecular complexity index is 755. The summed E-state index contributed by atoms with van der Waals surface area (Å²) in [7, 11) is 0. The third-order valence-corrected chi connectivity index (χ3v) is 3.95. The van der Waals surface area contributed by atoms with Crippen molar-refractivity contribution in [1.29, 1.82) is 0 Å². The summed E-state index contributed by atoms with van der Waals surface area (Å²) in [5.41, 5.74) is 1.04. The predicted octanol–water partition coefficient (Wildman–Crippen LogP) is 3.15. The molecule has 2 aromatic rings. The monoisotopic (exact) mass is 339 g/mol. The Morgan fingerprint density at radius 3 is 2.16 bits per heavy atom. The van der Waals surface area contributed by atoms with E-state index in [-0.39, 0.29) is 17.9 Å². The summed E-state index contributed by atoms with van der Waals surface area (Å²) in [6.45, 7) is 1.93. The van der Waals surface area contributed by atoms with E-state index in [1.807, 2.05) is 13.0 Å². The molecular weight excluding hydrogens is 318 g/mol. The molecule has 0 spiro atoms. The van der Waals surface area contributed by atoms with Gasteiger partial charge in [0.2, 0.25) is 0 Å². The summed E-state index contributed by atoms with van der Waals surface area (Å²) in [5.74, 6) is -2.25. The Labute approximate surface area is 146 Å². The molecule has 5 nitrogen and oxygen atoms in total. The number of benzene rings is 2. The van der Waals surface area contributed by atoms with Crippen LogP contribution in [0.4, 0.5) is 0 Å². The van der Waals surface area contributed by atoms with Crippen LogP contribution in [0.15, 0.2) is 54.6 Å². The van der Waals surface area contributed by atoms with Crippen LogP contribution in [0, 0.1) is 5.92 Å². The zero-order valence-corrected chi connectivity index (χ0v) is 14.1. The third kappa shape index (κ3) is 4.76. The lowest BCUT2D eigenvalue weighted by molar-refractivity contribution is -0.141. The summed E-state index contributed by atoms with van der Waals surface area (Å²) < 4.78 is 0. The van der Waals surface area contributed by atoms with Gasteiger partial charge in [-0.15, -0.1) is 0 Å². The van der Waals surface area contributed by atoms with E-state index < -0.39 is 17.8 Å². The van der Waals surface area contributed by atoms with Crippen molar-refractivity contribution in [2.24, 2.45) is 5.92 Å². The van der Waals surface area contributed by atoms with Crippen LogP contribution in [-0.2, 0) is 4.79 Å². The van der Waals surface area contributed by atoms with Gasteiger partial charge in [0.25, 0.3) is 5.91 Å². The van der Waals surface area contributed by atoms with Crippen LogP contribution in [0.3, 0.4) is 0 Å². The largest absolute Gasteiger partial charge is 0.481 e. The molecule has 0 saturated carbocycles. The van der Waals surface area contributed by atoms with Gasteiger partial charge in [0.1, 0.15) is 0 Å². The highest BCUT2D eigenvalue weighted by atomic mass is 16.4. The Morgan fingerprint density at radius 2 is 1.56 bits per heavy atom. The minimum Gasteiger partial charge on any atom is -0.481 e. The van der Waals surface area contributed by atoms with Crippen molar-refractivity contribution in [3.63, 3.8) is 0 Å². The topological polar surface area (TPSA) is 83.5 Å². The van der Waals surface area contributed by atoms with E-state index >= 15 is 0 Å². The van der Waals surface area contributed by atoms with Crippen molar-refractivity contribution in [1.82, 2.24) is 5.32 Å². The van der Waals surface area contributed by atoms with Gasteiger partial charge in [0.05, 0.1) is 11.5 Å². The Morgan fingerprint density at radius 1 is 0.960 bits per heavy atom.